The van der Waals surface area contributed by atoms with Gasteiger partial charge < -0.3 is 4.57 Å². The molecule has 8 nitrogen and oxygen atoms in total. The lowest BCUT2D eigenvalue weighted by atomic mass is 10.2. The number of hydrogen-bond donors (Lipinski definition) is 1. The largest absolute Gasteiger partial charge is 0.318 e. The second kappa shape index (κ2) is 9.21. The number of primary sulfonamides is 1. The summed E-state index contributed by atoms with van der Waals surface area (Å²) in [6.45, 7) is 7.69. The molecule has 0 atom stereocenters. The van der Waals surface area contributed by atoms with Crippen LogP contribution >= 0.6 is 11.8 Å². The molecule has 0 bridgehead atoms. The topological polar surface area (TPSA) is 113 Å². The van der Waals surface area contributed by atoms with Gasteiger partial charge in [-0.2, -0.15) is 0 Å². The number of aromatic nitrogens is 4. The van der Waals surface area contributed by atoms with Crippen LogP contribution in [0.3, 0.4) is 0 Å². The van der Waals surface area contributed by atoms with Crippen LogP contribution in [0.1, 0.15) is 33.1 Å². The van der Waals surface area contributed by atoms with Crippen LogP contribution in [0.2, 0.25) is 0 Å². The molecule has 2 aromatic carbocycles. The zero-order valence-corrected chi connectivity index (χ0v) is 20.9. The first kappa shape index (κ1) is 23.9. The van der Waals surface area contributed by atoms with Crippen molar-refractivity contribution in [1.29, 1.82) is 0 Å². The maximum Gasteiger partial charge on any atom is 0.238 e. The Labute approximate surface area is 202 Å². The highest BCUT2D eigenvalue weighted by Gasteiger charge is 2.20. The van der Waals surface area contributed by atoms with Crippen LogP contribution in [0.5, 0.6) is 0 Å². The van der Waals surface area contributed by atoms with Crippen molar-refractivity contribution in [1.82, 2.24) is 19.3 Å². The Bertz CT molecular complexity index is 1490. The van der Waals surface area contributed by atoms with Crippen molar-refractivity contribution in [3.8, 4) is 11.4 Å². The summed E-state index contributed by atoms with van der Waals surface area (Å²) in [6.07, 6.45) is 0. The quantitative estimate of drug-likeness (QED) is 0.307. The van der Waals surface area contributed by atoms with Gasteiger partial charge in [0.1, 0.15) is 5.82 Å². The van der Waals surface area contributed by atoms with Gasteiger partial charge in [-0.1, -0.05) is 30.0 Å². The van der Waals surface area contributed by atoms with E-state index in [1.54, 1.807) is 12.1 Å². The van der Waals surface area contributed by atoms with Crippen molar-refractivity contribution in [3.05, 3.63) is 82.9 Å². The number of sulfonamides is 1. The lowest BCUT2D eigenvalue weighted by Gasteiger charge is -2.11. The fourth-order valence-electron chi connectivity index (χ4n) is 3.96. The Hall–Kier alpha value is -3.21. The molecule has 2 heterocycles. The van der Waals surface area contributed by atoms with Crippen molar-refractivity contribution in [2.75, 3.05) is 5.75 Å². The van der Waals surface area contributed by atoms with Gasteiger partial charge in [-0.15, -0.1) is 10.2 Å². The van der Waals surface area contributed by atoms with Crippen molar-refractivity contribution in [2.24, 2.45) is 5.14 Å². The van der Waals surface area contributed by atoms with Crippen molar-refractivity contribution in [2.45, 2.75) is 37.7 Å². The van der Waals surface area contributed by atoms with E-state index in [1.807, 2.05) is 67.2 Å². The average molecular weight is 496 g/mol. The first-order chi connectivity index (χ1) is 16.1. The summed E-state index contributed by atoms with van der Waals surface area (Å²) in [5.41, 5.74) is 5.09. The van der Waals surface area contributed by atoms with Gasteiger partial charge in [0.15, 0.2) is 10.9 Å². The minimum atomic E-state index is -3.77. The van der Waals surface area contributed by atoms with Gasteiger partial charge in [0, 0.05) is 22.6 Å². The highest BCUT2D eigenvalue weighted by molar-refractivity contribution is 7.99. The summed E-state index contributed by atoms with van der Waals surface area (Å²) in [6, 6.07) is 16.1. The Morgan fingerprint density at radius 2 is 1.65 bits per heavy atom. The second-order valence-corrected chi connectivity index (χ2v) is 10.5. The summed E-state index contributed by atoms with van der Waals surface area (Å²) in [7, 11) is -3.77. The van der Waals surface area contributed by atoms with Gasteiger partial charge in [0.25, 0.3) is 0 Å². The summed E-state index contributed by atoms with van der Waals surface area (Å²) < 4.78 is 27.0. The number of thioether (sulfide) groups is 1. The van der Waals surface area contributed by atoms with E-state index in [0.717, 1.165) is 34.2 Å². The third-order valence-electron chi connectivity index (χ3n) is 5.64. The number of aryl methyl sites for hydroxylation is 3. The third-order valence-corrected chi connectivity index (χ3v) is 7.50. The number of nitrogens with zero attached hydrogens (tertiary/aromatic N) is 4. The lowest BCUT2D eigenvalue weighted by Crippen LogP contribution is -2.12. The zero-order valence-electron chi connectivity index (χ0n) is 19.3. The predicted molar refractivity (Wildman–Crippen MR) is 133 cm³/mol. The highest BCUT2D eigenvalue weighted by atomic mass is 32.2. The number of hydrogen-bond acceptors (Lipinski definition) is 6. The van der Waals surface area contributed by atoms with Crippen LogP contribution in [0, 0.1) is 27.7 Å². The third kappa shape index (κ3) is 4.56. The molecule has 0 fully saturated rings. The lowest BCUT2D eigenvalue weighted by molar-refractivity contribution is 0.102. The van der Waals surface area contributed by atoms with Gasteiger partial charge in [0.2, 0.25) is 10.0 Å². The van der Waals surface area contributed by atoms with Crippen LogP contribution in [0.15, 0.2) is 64.6 Å². The van der Waals surface area contributed by atoms with E-state index in [4.69, 9.17) is 5.14 Å². The summed E-state index contributed by atoms with van der Waals surface area (Å²) in [5.74, 6) is 0.937. The highest BCUT2D eigenvalue weighted by Crippen LogP contribution is 2.27. The maximum absolute atomic E-state index is 13.2. The molecule has 0 unspecified atom stereocenters. The first-order valence-corrected chi connectivity index (χ1v) is 13.1. The Balaban J connectivity index is 1.58. The smallest absolute Gasteiger partial charge is 0.238 e. The number of carbonyl (C=O) groups excluding carboxylic acids is 1. The second-order valence-electron chi connectivity index (χ2n) is 8.02. The van der Waals surface area contributed by atoms with E-state index >= 15 is 0 Å². The predicted octanol–water partition coefficient (Wildman–Crippen LogP) is 3.91. The molecular weight excluding hydrogens is 470 g/mol. The Kier molecular flexibility index (Phi) is 6.48. The maximum atomic E-state index is 13.2. The fourth-order valence-corrected chi connectivity index (χ4v) is 5.35. The van der Waals surface area contributed by atoms with Crippen LogP contribution in [0.25, 0.3) is 11.4 Å². The molecular formula is C24H25N5O3S2. The normalized spacial score (nSPS) is 11.7. The first-order valence-electron chi connectivity index (χ1n) is 10.5. The van der Waals surface area contributed by atoms with Gasteiger partial charge in [-0.3, -0.25) is 9.36 Å². The molecule has 0 spiro atoms. The SMILES string of the molecule is Cc1ccccc1-n1c(C)nnc1SCC(=O)c1cc(C)n(-c2ccc(S(N)(=O)=O)cc2)c1C. The van der Waals surface area contributed by atoms with Crippen LogP contribution in [0.4, 0.5) is 0 Å². The van der Waals surface area contributed by atoms with E-state index in [9.17, 15) is 13.2 Å². The van der Waals surface area contributed by atoms with Gasteiger partial charge >= 0.3 is 0 Å². The fraction of sp³-hybridized carbons (Fsp3) is 0.208. The van der Waals surface area contributed by atoms with E-state index in [2.05, 4.69) is 10.2 Å². The molecule has 0 saturated heterocycles. The molecule has 10 heteroatoms. The van der Waals surface area contributed by atoms with Crippen molar-refractivity contribution < 1.29 is 13.2 Å². The van der Waals surface area contributed by atoms with Crippen molar-refractivity contribution in [3.63, 3.8) is 0 Å². The molecule has 0 saturated carbocycles. The van der Waals surface area contributed by atoms with E-state index in [-0.39, 0.29) is 16.4 Å². The monoisotopic (exact) mass is 495 g/mol. The Morgan fingerprint density at radius 1 is 0.971 bits per heavy atom. The molecule has 2 aromatic heterocycles. The molecule has 34 heavy (non-hydrogen) atoms. The molecule has 0 aliphatic carbocycles. The molecule has 2 N–H and O–H groups in total. The van der Waals surface area contributed by atoms with Crippen LogP contribution in [-0.4, -0.2) is 39.3 Å². The molecule has 4 aromatic rings. The number of Topliss-reactive ketones (excluding diaryl/α,β-unsaturated/α-hetero) is 1. The standard InChI is InChI=1S/C24H25N5O3S2/c1-15-7-5-6-8-22(15)29-18(4)26-27-24(29)33-14-23(30)21-13-16(2)28(17(21)3)19-9-11-20(12-10-19)34(25,31)32/h5-13H,14H2,1-4H3,(H2,25,31,32). The number of nitrogens with two attached hydrogens (primary N) is 1. The van der Waals surface area contributed by atoms with E-state index in [1.165, 1.54) is 23.9 Å². The van der Waals surface area contributed by atoms with Crippen LogP contribution in [-0.2, 0) is 10.0 Å². The number of benzene rings is 2. The van der Waals surface area contributed by atoms with Gasteiger partial charge in [-0.25, -0.2) is 13.6 Å². The number of rotatable bonds is 7. The van der Waals surface area contributed by atoms with E-state index < -0.39 is 10.0 Å². The molecule has 0 amide bonds. The van der Waals surface area contributed by atoms with Crippen LogP contribution < -0.4 is 5.14 Å². The van der Waals surface area contributed by atoms with Gasteiger partial charge in [0.05, 0.1) is 16.3 Å². The molecule has 0 radical (unpaired) electrons. The number of carbonyl (C=O) groups is 1. The number of ketones is 1. The molecule has 4 rings (SSSR count). The van der Waals surface area contributed by atoms with Crippen molar-refractivity contribution >= 4 is 27.6 Å². The summed E-state index contributed by atoms with van der Waals surface area (Å²) >= 11 is 1.35. The molecule has 0 aliphatic rings. The molecule has 176 valence electrons. The molecule has 0 aliphatic heterocycles. The minimum Gasteiger partial charge on any atom is -0.318 e. The Morgan fingerprint density at radius 3 is 2.29 bits per heavy atom. The average Bonchev–Trinajstić information content (AvgIpc) is 3.30. The minimum absolute atomic E-state index is 0.0255. The van der Waals surface area contributed by atoms with E-state index in [0.29, 0.717) is 10.7 Å². The summed E-state index contributed by atoms with van der Waals surface area (Å²) in [5, 5.41) is 14.3. The zero-order chi connectivity index (χ0) is 24.6. The summed E-state index contributed by atoms with van der Waals surface area (Å²) in [4.78, 5) is 13.2. The van der Waals surface area contributed by atoms with Gasteiger partial charge in [-0.05, 0) is 69.7 Å². The number of para-hydroxylation sites is 1.